The maximum atomic E-state index is 12.1. The molecule has 0 fully saturated rings. The Kier molecular flexibility index (Phi) is 5.90. The molecule has 0 bridgehead atoms. The van der Waals surface area contributed by atoms with Crippen molar-refractivity contribution in [3.8, 4) is 5.69 Å². The van der Waals surface area contributed by atoms with Gasteiger partial charge < -0.3 is 15.2 Å². The van der Waals surface area contributed by atoms with Crippen molar-refractivity contribution in [1.82, 2.24) is 15.1 Å². The van der Waals surface area contributed by atoms with E-state index in [9.17, 15) is 9.90 Å². The maximum absolute atomic E-state index is 12.1. The van der Waals surface area contributed by atoms with Gasteiger partial charge in [0, 0.05) is 24.9 Å². The molecular weight excluding hydrogens is 294 g/mol. The fourth-order valence-electron chi connectivity index (χ4n) is 2.46. The highest BCUT2D eigenvalue weighted by atomic mass is 16.5. The summed E-state index contributed by atoms with van der Waals surface area (Å²) >= 11 is 0. The van der Waals surface area contributed by atoms with Crippen LogP contribution in [0, 0.1) is 13.8 Å². The first-order chi connectivity index (χ1) is 11.0. The minimum Gasteiger partial charge on any atom is -0.389 e. The average molecular weight is 317 g/mol. The number of hydrogen-bond donors (Lipinski definition) is 2. The number of aromatic nitrogens is 2. The molecule has 1 aromatic carbocycles. The monoisotopic (exact) mass is 317 g/mol. The van der Waals surface area contributed by atoms with Crippen LogP contribution in [0.15, 0.2) is 30.3 Å². The molecule has 2 aromatic rings. The zero-order valence-electron chi connectivity index (χ0n) is 13.7. The number of carbonyl (C=O) groups is 1. The van der Waals surface area contributed by atoms with Crippen LogP contribution in [0.25, 0.3) is 5.69 Å². The summed E-state index contributed by atoms with van der Waals surface area (Å²) in [5.74, 6) is -0.140. The largest absolute Gasteiger partial charge is 0.389 e. The SMILES string of the molecule is COCC(O)CNC(=O)Cc1c(C)nn(-c2ccccc2)c1C. The van der Waals surface area contributed by atoms with Gasteiger partial charge in [0.05, 0.1) is 30.5 Å². The summed E-state index contributed by atoms with van der Waals surface area (Å²) < 4.78 is 6.68. The van der Waals surface area contributed by atoms with E-state index in [4.69, 9.17) is 4.74 Å². The summed E-state index contributed by atoms with van der Waals surface area (Å²) in [6.45, 7) is 4.23. The van der Waals surface area contributed by atoms with Gasteiger partial charge in [-0.3, -0.25) is 4.79 Å². The standard InChI is InChI=1S/C17H23N3O3/c1-12-16(9-17(22)18-10-15(21)11-23-3)13(2)20(19-12)14-7-5-4-6-8-14/h4-8,15,21H,9-11H2,1-3H3,(H,18,22). The Morgan fingerprint density at radius 3 is 2.70 bits per heavy atom. The van der Waals surface area contributed by atoms with Gasteiger partial charge in [-0.25, -0.2) is 4.68 Å². The smallest absolute Gasteiger partial charge is 0.224 e. The van der Waals surface area contributed by atoms with Crippen LogP contribution < -0.4 is 5.32 Å². The van der Waals surface area contributed by atoms with Crippen LogP contribution in [0.1, 0.15) is 17.0 Å². The Labute approximate surface area is 136 Å². The number of benzene rings is 1. The average Bonchev–Trinajstić information content (AvgIpc) is 2.82. The lowest BCUT2D eigenvalue weighted by molar-refractivity contribution is -0.121. The topological polar surface area (TPSA) is 76.4 Å². The highest BCUT2D eigenvalue weighted by Gasteiger charge is 2.16. The van der Waals surface area contributed by atoms with E-state index in [1.165, 1.54) is 7.11 Å². The Balaban J connectivity index is 2.06. The van der Waals surface area contributed by atoms with Gasteiger partial charge in [-0.2, -0.15) is 5.10 Å². The minimum absolute atomic E-state index is 0.140. The van der Waals surface area contributed by atoms with Gasteiger partial charge in [0.15, 0.2) is 0 Å². The summed E-state index contributed by atoms with van der Waals surface area (Å²) in [5.41, 5.74) is 3.66. The molecule has 23 heavy (non-hydrogen) atoms. The lowest BCUT2D eigenvalue weighted by atomic mass is 10.1. The summed E-state index contributed by atoms with van der Waals surface area (Å²) in [7, 11) is 1.51. The molecule has 0 saturated heterocycles. The summed E-state index contributed by atoms with van der Waals surface area (Å²) in [6, 6.07) is 9.81. The third-order valence-corrected chi connectivity index (χ3v) is 3.67. The second-order valence-electron chi connectivity index (χ2n) is 5.49. The Bertz CT molecular complexity index is 653. The van der Waals surface area contributed by atoms with Crippen molar-refractivity contribution in [1.29, 1.82) is 0 Å². The van der Waals surface area contributed by atoms with E-state index in [0.29, 0.717) is 0 Å². The number of aliphatic hydroxyl groups is 1. The molecule has 0 aliphatic rings. The molecule has 6 nitrogen and oxygen atoms in total. The first-order valence-corrected chi connectivity index (χ1v) is 7.57. The van der Waals surface area contributed by atoms with Gasteiger partial charge in [-0.1, -0.05) is 18.2 Å². The molecular formula is C17H23N3O3. The first kappa shape index (κ1) is 17.2. The number of nitrogens with one attached hydrogen (secondary N) is 1. The van der Waals surface area contributed by atoms with Crippen LogP contribution >= 0.6 is 0 Å². The maximum Gasteiger partial charge on any atom is 0.224 e. The number of para-hydroxylation sites is 1. The lowest BCUT2D eigenvalue weighted by Gasteiger charge is -2.11. The zero-order valence-corrected chi connectivity index (χ0v) is 13.7. The van der Waals surface area contributed by atoms with Crippen LogP contribution in [0.4, 0.5) is 0 Å². The predicted octanol–water partition coefficient (Wildman–Crippen LogP) is 1.16. The molecule has 0 aliphatic heterocycles. The number of hydrogen-bond acceptors (Lipinski definition) is 4. The fraction of sp³-hybridized carbons (Fsp3) is 0.412. The normalized spacial score (nSPS) is 12.2. The Morgan fingerprint density at radius 2 is 2.04 bits per heavy atom. The summed E-state index contributed by atoms with van der Waals surface area (Å²) in [6.07, 6.45) is -0.456. The molecule has 1 atom stereocenters. The van der Waals surface area contributed by atoms with Gasteiger partial charge >= 0.3 is 0 Å². The van der Waals surface area contributed by atoms with Crippen molar-refractivity contribution >= 4 is 5.91 Å². The van der Waals surface area contributed by atoms with Crippen molar-refractivity contribution in [3.63, 3.8) is 0 Å². The number of carbonyl (C=O) groups excluding carboxylic acids is 1. The number of amides is 1. The second kappa shape index (κ2) is 7.89. The highest BCUT2D eigenvalue weighted by Crippen LogP contribution is 2.18. The number of nitrogens with zero attached hydrogens (tertiary/aromatic N) is 2. The quantitative estimate of drug-likeness (QED) is 0.803. The van der Waals surface area contributed by atoms with Crippen LogP contribution in [-0.4, -0.2) is 47.2 Å². The molecule has 0 saturated carbocycles. The first-order valence-electron chi connectivity index (χ1n) is 7.57. The summed E-state index contributed by atoms with van der Waals surface area (Å²) in [4.78, 5) is 12.1. The molecule has 1 aromatic heterocycles. The van der Waals surface area contributed by atoms with Gasteiger partial charge in [0.1, 0.15) is 0 Å². The summed E-state index contributed by atoms with van der Waals surface area (Å²) in [5, 5.41) is 16.8. The van der Waals surface area contributed by atoms with E-state index < -0.39 is 6.10 Å². The fourth-order valence-corrected chi connectivity index (χ4v) is 2.46. The number of ether oxygens (including phenoxy) is 1. The number of methoxy groups -OCH3 is 1. The van der Waals surface area contributed by atoms with Crippen LogP contribution in [0.3, 0.4) is 0 Å². The molecule has 1 amide bonds. The van der Waals surface area contributed by atoms with E-state index in [1.807, 2.05) is 48.9 Å². The molecule has 1 heterocycles. The lowest BCUT2D eigenvalue weighted by Crippen LogP contribution is -2.35. The van der Waals surface area contributed by atoms with E-state index in [-0.39, 0.29) is 25.5 Å². The Hall–Kier alpha value is -2.18. The van der Waals surface area contributed by atoms with Crippen LogP contribution in [0.2, 0.25) is 0 Å². The highest BCUT2D eigenvalue weighted by molar-refractivity contribution is 5.79. The van der Waals surface area contributed by atoms with Gasteiger partial charge in [0.2, 0.25) is 5.91 Å². The molecule has 2 N–H and O–H groups in total. The van der Waals surface area contributed by atoms with Gasteiger partial charge in [-0.15, -0.1) is 0 Å². The van der Waals surface area contributed by atoms with Crippen molar-refractivity contribution in [2.24, 2.45) is 0 Å². The third kappa shape index (κ3) is 4.40. The van der Waals surface area contributed by atoms with Gasteiger partial charge in [-0.05, 0) is 26.0 Å². The van der Waals surface area contributed by atoms with E-state index >= 15 is 0 Å². The van der Waals surface area contributed by atoms with E-state index in [0.717, 1.165) is 22.6 Å². The molecule has 0 radical (unpaired) electrons. The number of aryl methyl sites for hydroxylation is 1. The molecule has 0 aliphatic carbocycles. The zero-order chi connectivity index (χ0) is 16.8. The number of aliphatic hydroxyl groups excluding tert-OH is 1. The van der Waals surface area contributed by atoms with Crippen molar-refractivity contribution in [2.45, 2.75) is 26.4 Å². The molecule has 1 unspecified atom stereocenters. The van der Waals surface area contributed by atoms with Crippen molar-refractivity contribution < 1.29 is 14.6 Å². The molecule has 124 valence electrons. The van der Waals surface area contributed by atoms with E-state index in [1.54, 1.807) is 0 Å². The second-order valence-corrected chi connectivity index (χ2v) is 5.49. The van der Waals surface area contributed by atoms with Crippen LogP contribution in [-0.2, 0) is 16.0 Å². The molecule has 2 rings (SSSR count). The predicted molar refractivity (Wildman–Crippen MR) is 87.6 cm³/mol. The van der Waals surface area contributed by atoms with Crippen molar-refractivity contribution in [2.75, 3.05) is 20.3 Å². The molecule has 6 heteroatoms. The number of rotatable bonds is 7. The van der Waals surface area contributed by atoms with E-state index in [2.05, 4.69) is 10.4 Å². The third-order valence-electron chi connectivity index (χ3n) is 3.67. The van der Waals surface area contributed by atoms with Crippen molar-refractivity contribution in [3.05, 3.63) is 47.3 Å². The van der Waals surface area contributed by atoms with Gasteiger partial charge in [0.25, 0.3) is 0 Å². The van der Waals surface area contributed by atoms with Crippen LogP contribution in [0.5, 0.6) is 0 Å². The molecule has 0 spiro atoms. The Morgan fingerprint density at radius 1 is 1.35 bits per heavy atom. The minimum atomic E-state index is -0.696.